The van der Waals surface area contributed by atoms with Crippen LogP contribution in [0.1, 0.15) is 46.9 Å². The fourth-order valence-electron chi connectivity index (χ4n) is 2.84. The largest absolute Gasteiger partial charge is 0.356 e. The zero-order chi connectivity index (χ0) is 17.9. The lowest BCUT2D eigenvalue weighted by Gasteiger charge is -2.30. The van der Waals surface area contributed by atoms with E-state index in [-0.39, 0.29) is 24.0 Å². The van der Waals surface area contributed by atoms with Gasteiger partial charge in [-0.3, -0.25) is 9.89 Å². The molecule has 0 aliphatic rings. The van der Waals surface area contributed by atoms with Gasteiger partial charge >= 0.3 is 0 Å². The van der Waals surface area contributed by atoms with Crippen molar-refractivity contribution in [3.63, 3.8) is 0 Å². The van der Waals surface area contributed by atoms with Gasteiger partial charge in [0.15, 0.2) is 5.96 Å². The van der Waals surface area contributed by atoms with Crippen molar-refractivity contribution in [1.82, 2.24) is 30.3 Å². The summed E-state index contributed by atoms with van der Waals surface area (Å²) in [5.41, 5.74) is 0. The van der Waals surface area contributed by atoms with Gasteiger partial charge in [-0.2, -0.15) is 0 Å². The highest BCUT2D eigenvalue weighted by molar-refractivity contribution is 14.0. The topological polar surface area (TPSA) is 70.4 Å². The van der Waals surface area contributed by atoms with E-state index < -0.39 is 0 Å². The lowest BCUT2D eigenvalue weighted by Crippen LogP contribution is -2.42. The fourth-order valence-corrected chi connectivity index (χ4v) is 2.84. The second-order valence-corrected chi connectivity index (χ2v) is 6.50. The van der Waals surface area contributed by atoms with Crippen molar-refractivity contribution in [1.29, 1.82) is 0 Å². The van der Waals surface area contributed by atoms with Crippen LogP contribution >= 0.6 is 24.0 Å². The van der Waals surface area contributed by atoms with E-state index in [1.165, 1.54) is 0 Å². The van der Waals surface area contributed by atoms with Crippen molar-refractivity contribution in [2.24, 2.45) is 4.99 Å². The van der Waals surface area contributed by atoms with E-state index in [2.05, 4.69) is 69.9 Å². The summed E-state index contributed by atoms with van der Waals surface area (Å²) in [5.74, 6) is 1.86. The Morgan fingerprint density at radius 1 is 1.20 bits per heavy atom. The number of guanidine groups is 1. The number of rotatable bonds is 10. The Labute approximate surface area is 170 Å². The van der Waals surface area contributed by atoms with Crippen molar-refractivity contribution in [3.05, 3.63) is 12.2 Å². The molecule has 25 heavy (non-hydrogen) atoms. The molecule has 0 aliphatic carbocycles. The summed E-state index contributed by atoms with van der Waals surface area (Å²) >= 11 is 0. The average molecular weight is 465 g/mol. The Balaban J connectivity index is 0.00000576. The molecule has 0 spiro atoms. The number of aryl methyl sites for hydroxylation is 1. The van der Waals surface area contributed by atoms with Crippen LogP contribution in [-0.4, -0.2) is 64.4 Å². The van der Waals surface area contributed by atoms with E-state index in [0.717, 1.165) is 50.8 Å². The van der Waals surface area contributed by atoms with Crippen molar-refractivity contribution in [2.75, 3.05) is 26.7 Å². The Kier molecular flexibility index (Phi) is 12.8. The summed E-state index contributed by atoms with van der Waals surface area (Å²) < 4.78 is 2.07. The summed E-state index contributed by atoms with van der Waals surface area (Å²) in [4.78, 5) is 6.79. The quantitative estimate of drug-likeness (QED) is 0.240. The van der Waals surface area contributed by atoms with Crippen LogP contribution in [0, 0.1) is 0 Å². The van der Waals surface area contributed by atoms with Crippen LogP contribution in [0.15, 0.2) is 11.3 Å². The maximum absolute atomic E-state index is 4.28. The van der Waals surface area contributed by atoms with Gasteiger partial charge in [0.05, 0.1) is 0 Å². The molecule has 0 bridgehead atoms. The van der Waals surface area contributed by atoms with Crippen LogP contribution in [0.4, 0.5) is 0 Å². The van der Waals surface area contributed by atoms with Crippen LogP contribution in [0.2, 0.25) is 0 Å². The van der Waals surface area contributed by atoms with E-state index in [1.54, 1.807) is 13.4 Å². The first-order chi connectivity index (χ1) is 11.5. The molecule has 0 fully saturated rings. The molecule has 1 heterocycles. The van der Waals surface area contributed by atoms with Gasteiger partial charge < -0.3 is 15.2 Å². The summed E-state index contributed by atoms with van der Waals surface area (Å²) in [7, 11) is 1.81. The van der Waals surface area contributed by atoms with Gasteiger partial charge in [0, 0.05) is 51.7 Å². The SMILES string of the molecule is CCc1nncn1CCNC(=NC)NCCCN(C(C)C)C(C)C.I. The number of nitrogens with zero attached hydrogens (tertiary/aromatic N) is 5. The number of hydrogen-bond donors (Lipinski definition) is 2. The van der Waals surface area contributed by atoms with Crippen LogP contribution in [0.3, 0.4) is 0 Å². The highest BCUT2D eigenvalue weighted by atomic mass is 127. The minimum absolute atomic E-state index is 0. The minimum Gasteiger partial charge on any atom is -0.356 e. The fraction of sp³-hybridized carbons (Fsp3) is 0.824. The molecule has 0 aliphatic heterocycles. The van der Waals surface area contributed by atoms with E-state index >= 15 is 0 Å². The molecule has 0 saturated heterocycles. The molecule has 0 aromatic carbocycles. The number of nitrogens with one attached hydrogen (secondary N) is 2. The Morgan fingerprint density at radius 3 is 2.40 bits per heavy atom. The van der Waals surface area contributed by atoms with E-state index in [1.807, 2.05) is 0 Å². The van der Waals surface area contributed by atoms with Gasteiger partial charge in [-0.1, -0.05) is 6.92 Å². The molecule has 0 saturated carbocycles. The van der Waals surface area contributed by atoms with Crippen LogP contribution < -0.4 is 10.6 Å². The maximum atomic E-state index is 4.28. The summed E-state index contributed by atoms with van der Waals surface area (Å²) in [6, 6.07) is 1.16. The van der Waals surface area contributed by atoms with Crippen LogP contribution in [0.25, 0.3) is 0 Å². The maximum Gasteiger partial charge on any atom is 0.191 e. The Bertz CT molecular complexity index is 477. The standard InChI is InChI=1S/C17H35N7.HI/c1-7-16-22-21-13-23(16)12-10-20-17(18-6)19-9-8-11-24(14(2)3)15(4)5;/h13-15H,7-12H2,1-6H3,(H2,18,19,20);1H. The predicted molar refractivity (Wildman–Crippen MR) is 116 cm³/mol. The zero-order valence-corrected chi connectivity index (χ0v) is 18.9. The second kappa shape index (κ2) is 13.3. The number of hydrogen-bond acceptors (Lipinski definition) is 4. The predicted octanol–water partition coefficient (Wildman–Crippen LogP) is 2.13. The molecular weight excluding hydrogens is 429 g/mol. The Hall–Kier alpha value is -0.900. The molecule has 1 aromatic rings. The molecule has 1 aromatic heterocycles. The number of aromatic nitrogens is 3. The van der Waals surface area contributed by atoms with Crippen molar-refractivity contribution >= 4 is 29.9 Å². The third-order valence-corrected chi connectivity index (χ3v) is 4.09. The van der Waals surface area contributed by atoms with Gasteiger partial charge in [-0.15, -0.1) is 34.2 Å². The summed E-state index contributed by atoms with van der Waals surface area (Å²) in [5, 5.41) is 14.8. The first kappa shape index (κ1) is 24.1. The lowest BCUT2D eigenvalue weighted by molar-refractivity contribution is 0.173. The van der Waals surface area contributed by atoms with Gasteiger partial charge in [0.25, 0.3) is 0 Å². The lowest BCUT2D eigenvalue weighted by atomic mass is 10.2. The van der Waals surface area contributed by atoms with Gasteiger partial charge in [-0.05, 0) is 34.1 Å². The molecule has 2 N–H and O–H groups in total. The number of halogens is 1. The molecule has 0 radical (unpaired) electrons. The molecule has 7 nitrogen and oxygen atoms in total. The van der Waals surface area contributed by atoms with Crippen molar-refractivity contribution < 1.29 is 0 Å². The van der Waals surface area contributed by atoms with E-state index in [4.69, 9.17) is 0 Å². The smallest absolute Gasteiger partial charge is 0.191 e. The first-order valence-electron chi connectivity index (χ1n) is 9.06. The molecular formula is C17H36IN7. The number of aliphatic imine (C=N–C) groups is 1. The van der Waals surface area contributed by atoms with Gasteiger partial charge in [0.1, 0.15) is 12.2 Å². The van der Waals surface area contributed by atoms with Crippen LogP contribution in [-0.2, 0) is 13.0 Å². The molecule has 8 heteroatoms. The third-order valence-electron chi connectivity index (χ3n) is 4.09. The summed E-state index contributed by atoms with van der Waals surface area (Å²) in [6.07, 6.45) is 3.78. The average Bonchev–Trinajstić information content (AvgIpc) is 2.99. The molecule has 0 atom stereocenters. The monoisotopic (exact) mass is 465 g/mol. The second-order valence-electron chi connectivity index (χ2n) is 6.50. The zero-order valence-electron chi connectivity index (χ0n) is 16.6. The normalized spacial score (nSPS) is 12.0. The van der Waals surface area contributed by atoms with E-state index in [9.17, 15) is 0 Å². The van der Waals surface area contributed by atoms with Gasteiger partial charge in [-0.25, -0.2) is 0 Å². The molecule has 0 unspecified atom stereocenters. The van der Waals surface area contributed by atoms with Crippen molar-refractivity contribution in [3.8, 4) is 0 Å². The van der Waals surface area contributed by atoms with Gasteiger partial charge in [0.2, 0.25) is 0 Å². The molecule has 0 amide bonds. The first-order valence-corrected chi connectivity index (χ1v) is 9.06. The highest BCUT2D eigenvalue weighted by Crippen LogP contribution is 2.05. The summed E-state index contributed by atoms with van der Waals surface area (Å²) in [6.45, 7) is 14.8. The molecule has 1 rings (SSSR count). The van der Waals surface area contributed by atoms with Crippen LogP contribution in [0.5, 0.6) is 0 Å². The molecule has 146 valence electrons. The highest BCUT2D eigenvalue weighted by Gasteiger charge is 2.12. The third kappa shape index (κ3) is 8.84. The van der Waals surface area contributed by atoms with Crippen molar-refractivity contribution in [2.45, 2.75) is 66.1 Å². The Morgan fingerprint density at radius 2 is 1.84 bits per heavy atom. The van der Waals surface area contributed by atoms with E-state index in [0.29, 0.717) is 12.1 Å². The minimum atomic E-state index is 0.